The zero-order valence-electron chi connectivity index (χ0n) is 10.2. The van der Waals surface area contributed by atoms with Crippen molar-refractivity contribution >= 4 is 54.5 Å². The molecule has 0 aliphatic carbocycles. The van der Waals surface area contributed by atoms with Crippen molar-refractivity contribution in [3.63, 3.8) is 0 Å². The van der Waals surface area contributed by atoms with Crippen LogP contribution >= 0.6 is 54.5 Å². The van der Waals surface area contributed by atoms with Crippen LogP contribution in [0.1, 0.15) is 32.0 Å². The zero-order valence-corrected chi connectivity index (χ0v) is 15.0. The van der Waals surface area contributed by atoms with Crippen LogP contribution in [0.4, 0.5) is 0 Å². The Kier molecular flexibility index (Phi) is 5.38. The molecule has 98 valence electrons. The van der Waals surface area contributed by atoms with E-state index in [0.29, 0.717) is 6.04 Å². The average molecular weight is 410 g/mol. The lowest BCUT2D eigenvalue weighted by molar-refractivity contribution is 0.561. The van der Waals surface area contributed by atoms with Crippen LogP contribution in [0.2, 0.25) is 0 Å². The summed E-state index contributed by atoms with van der Waals surface area (Å²) in [5.74, 6) is 0. The Labute approximate surface area is 132 Å². The number of rotatable bonds is 5. The quantitative estimate of drug-likeness (QED) is 0.709. The summed E-state index contributed by atoms with van der Waals surface area (Å²) in [5, 5.41) is 6.69. The maximum atomic E-state index is 4.71. The molecule has 1 unspecified atom stereocenters. The molecule has 0 spiro atoms. The van der Waals surface area contributed by atoms with Crippen molar-refractivity contribution in [3.05, 3.63) is 25.4 Å². The van der Waals surface area contributed by atoms with Crippen LogP contribution in [0.25, 0.3) is 9.88 Å². The first kappa shape index (κ1) is 14.7. The Morgan fingerprint density at radius 1 is 1.44 bits per heavy atom. The van der Waals surface area contributed by atoms with Gasteiger partial charge in [0.2, 0.25) is 0 Å². The molecule has 1 atom stereocenters. The number of halogens is 2. The van der Waals surface area contributed by atoms with Gasteiger partial charge in [-0.05, 0) is 57.8 Å². The van der Waals surface area contributed by atoms with Crippen molar-refractivity contribution in [2.45, 2.75) is 26.3 Å². The van der Waals surface area contributed by atoms with Gasteiger partial charge in [0.1, 0.15) is 5.01 Å². The van der Waals surface area contributed by atoms with Gasteiger partial charge in [-0.15, -0.1) is 22.7 Å². The van der Waals surface area contributed by atoms with E-state index in [1.54, 1.807) is 22.7 Å². The van der Waals surface area contributed by atoms with Crippen LogP contribution in [0.5, 0.6) is 0 Å². The van der Waals surface area contributed by atoms with Gasteiger partial charge in [-0.3, -0.25) is 0 Å². The number of hydrogen-bond donors (Lipinski definition) is 1. The fourth-order valence-electron chi connectivity index (χ4n) is 1.52. The van der Waals surface area contributed by atoms with E-state index in [9.17, 15) is 0 Å². The van der Waals surface area contributed by atoms with Crippen molar-refractivity contribution in [1.29, 1.82) is 0 Å². The minimum Gasteiger partial charge on any atom is -0.309 e. The second-order valence-electron chi connectivity index (χ2n) is 3.99. The van der Waals surface area contributed by atoms with Crippen molar-refractivity contribution in [1.82, 2.24) is 10.3 Å². The van der Waals surface area contributed by atoms with E-state index in [1.165, 1.54) is 4.88 Å². The fraction of sp³-hybridized carbons (Fsp3) is 0.417. The Morgan fingerprint density at radius 2 is 2.22 bits per heavy atom. The van der Waals surface area contributed by atoms with Gasteiger partial charge in [0.15, 0.2) is 0 Å². The van der Waals surface area contributed by atoms with E-state index in [0.717, 1.165) is 31.9 Å². The largest absolute Gasteiger partial charge is 0.309 e. The summed E-state index contributed by atoms with van der Waals surface area (Å²) in [6.45, 7) is 5.37. The van der Waals surface area contributed by atoms with Gasteiger partial charge < -0.3 is 5.32 Å². The Morgan fingerprint density at radius 3 is 2.83 bits per heavy atom. The third kappa shape index (κ3) is 3.42. The number of thiophene rings is 1. The summed E-state index contributed by atoms with van der Waals surface area (Å²) >= 11 is 10.4. The van der Waals surface area contributed by atoms with Crippen LogP contribution < -0.4 is 5.32 Å². The van der Waals surface area contributed by atoms with Gasteiger partial charge in [-0.1, -0.05) is 6.92 Å². The lowest BCUT2D eigenvalue weighted by Gasteiger charge is -2.09. The average Bonchev–Trinajstić information content (AvgIpc) is 2.94. The van der Waals surface area contributed by atoms with E-state index in [1.807, 2.05) is 0 Å². The minimum atomic E-state index is 0.321. The molecule has 0 aliphatic heterocycles. The number of aromatic nitrogens is 1. The second kappa shape index (κ2) is 6.61. The summed E-state index contributed by atoms with van der Waals surface area (Å²) in [6.07, 6.45) is 1.14. The van der Waals surface area contributed by atoms with Crippen LogP contribution in [0.3, 0.4) is 0 Å². The number of thiazole rings is 1. The van der Waals surface area contributed by atoms with E-state index in [-0.39, 0.29) is 0 Å². The van der Waals surface area contributed by atoms with Gasteiger partial charge in [-0.25, -0.2) is 4.98 Å². The fourth-order valence-corrected chi connectivity index (χ4v) is 4.53. The monoisotopic (exact) mass is 408 g/mol. The lowest BCUT2D eigenvalue weighted by atomic mass is 10.2. The molecule has 0 aromatic carbocycles. The molecule has 2 aromatic rings. The molecular formula is C12H14Br2N2S2. The maximum absolute atomic E-state index is 4.71. The predicted molar refractivity (Wildman–Crippen MR) is 87.5 cm³/mol. The lowest BCUT2D eigenvalue weighted by Crippen LogP contribution is -2.19. The molecule has 0 saturated carbocycles. The molecule has 1 N–H and O–H groups in total. The van der Waals surface area contributed by atoms with Gasteiger partial charge in [0, 0.05) is 15.9 Å². The Hall–Kier alpha value is 0.250. The first-order valence-electron chi connectivity index (χ1n) is 5.75. The molecule has 0 amide bonds. The van der Waals surface area contributed by atoms with E-state index >= 15 is 0 Å². The molecule has 0 fully saturated rings. The van der Waals surface area contributed by atoms with E-state index in [4.69, 9.17) is 4.98 Å². The van der Waals surface area contributed by atoms with Crippen molar-refractivity contribution < 1.29 is 0 Å². The molecule has 18 heavy (non-hydrogen) atoms. The standard InChI is InChI=1S/C12H14Br2N2S2/c1-3-4-15-7(2)9-6-17-12(16-9)10-5-8(13)11(14)18-10/h5-7,15H,3-4H2,1-2H3. The molecule has 2 heterocycles. The Bertz CT molecular complexity index is 502. The van der Waals surface area contributed by atoms with Crippen LogP contribution in [-0.4, -0.2) is 11.5 Å². The van der Waals surface area contributed by atoms with Gasteiger partial charge in [0.25, 0.3) is 0 Å². The van der Waals surface area contributed by atoms with Gasteiger partial charge in [0.05, 0.1) is 14.4 Å². The first-order chi connectivity index (χ1) is 8.61. The van der Waals surface area contributed by atoms with Crippen molar-refractivity contribution in [3.8, 4) is 9.88 Å². The highest BCUT2D eigenvalue weighted by Crippen LogP contribution is 2.39. The van der Waals surface area contributed by atoms with Crippen molar-refractivity contribution in [2.75, 3.05) is 6.54 Å². The van der Waals surface area contributed by atoms with Crippen LogP contribution in [-0.2, 0) is 0 Å². The number of nitrogens with zero attached hydrogens (tertiary/aromatic N) is 1. The summed E-state index contributed by atoms with van der Waals surface area (Å²) in [7, 11) is 0. The summed E-state index contributed by atoms with van der Waals surface area (Å²) in [4.78, 5) is 5.91. The second-order valence-corrected chi connectivity index (χ2v) is 8.07. The van der Waals surface area contributed by atoms with Crippen LogP contribution in [0, 0.1) is 0 Å². The predicted octanol–water partition coefficient (Wildman–Crippen LogP) is 5.46. The highest BCUT2D eigenvalue weighted by molar-refractivity contribution is 9.13. The van der Waals surface area contributed by atoms with E-state index in [2.05, 4.69) is 62.5 Å². The number of hydrogen-bond acceptors (Lipinski definition) is 4. The third-order valence-corrected chi connectivity index (χ3v) is 6.81. The molecule has 0 bridgehead atoms. The summed E-state index contributed by atoms with van der Waals surface area (Å²) in [5.41, 5.74) is 1.13. The molecule has 0 saturated heterocycles. The highest BCUT2D eigenvalue weighted by Gasteiger charge is 2.13. The summed E-state index contributed by atoms with van der Waals surface area (Å²) in [6, 6.07) is 2.43. The zero-order chi connectivity index (χ0) is 13.1. The normalized spacial score (nSPS) is 12.9. The minimum absolute atomic E-state index is 0.321. The molecular weight excluding hydrogens is 396 g/mol. The third-order valence-electron chi connectivity index (χ3n) is 2.52. The van der Waals surface area contributed by atoms with Crippen LogP contribution in [0.15, 0.2) is 19.7 Å². The molecule has 2 rings (SSSR count). The highest BCUT2D eigenvalue weighted by atomic mass is 79.9. The van der Waals surface area contributed by atoms with E-state index < -0.39 is 0 Å². The maximum Gasteiger partial charge on any atom is 0.133 e. The first-order valence-corrected chi connectivity index (χ1v) is 9.04. The topological polar surface area (TPSA) is 24.9 Å². The van der Waals surface area contributed by atoms with Gasteiger partial charge >= 0.3 is 0 Å². The Balaban J connectivity index is 2.14. The van der Waals surface area contributed by atoms with Gasteiger partial charge in [-0.2, -0.15) is 0 Å². The molecule has 2 aromatic heterocycles. The molecule has 0 radical (unpaired) electrons. The summed E-state index contributed by atoms with van der Waals surface area (Å²) < 4.78 is 2.21. The SMILES string of the molecule is CCCNC(C)c1csc(-c2cc(Br)c(Br)s2)n1. The molecule has 2 nitrogen and oxygen atoms in total. The molecule has 6 heteroatoms. The number of nitrogens with one attached hydrogen (secondary N) is 1. The smallest absolute Gasteiger partial charge is 0.133 e. The van der Waals surface area contributed by atoms with Crippen molar-refractivity contribution in [2.24, 2.45) is 0 Å². The molecule has 0 aliphatic rings.